The number of β-amino-alcohol motifs (C(OH)–C–C–N with tert-alkyl or cyclic N) is 1. The Labute approximate surface area is 210 Å². The highest BCUT2D eigenvalue weighted by atomic mass is 16.3. The maximum atomic E-state index is 12.8. The first-order chi connectivity index (χ1) is 17.1. The number of rotatable bonds is 6. The average Bonchev–Trinajstić information content (AvgIpc) is 2.93. The predicted octanol–water partition coefficient (Wildman–Crippen LogP) is 4.74. The molecule has 2 saturated heterocycles. The molecule has 2 aromatic carbocycles. The smallest absolute Gasteiger partial charge is 0.253 e. The Morgan fingerprint density at radius 2 is 1.60 bits per heavy atom. The summed E-state index contributed by atoms with van der Waals surface area (Å²) in [4.78, 5) is 17.0. The van der Waals surface area contributed by atoms with Crippen LogP contribution >= 0.6 is 0 Å². The molecule has 3 aliphatic rings. The molecule has 35 heavy (non-hydrogen) atoms. The highest BCUT2D eigenvalue weighted by Crippen LogP contribution is 2.39. The van der Waals surface area contributed by atoms with E-state index in [1.54, 1.807) is 4.90 Å². The number of nitrogens with one attached hydrogen (secondary N) is 1. The second-order valence-corrected chi connectivity index (χ2v) is 10.9. The van der Waals surface area contributed by atoms with Gasteiger partial charge in [-0.25, -0.2) is 0 Å². The van der Waals surface area contributed by atoms with E-state index >= 15 is 0 Å². The zero-order valence-corrected chi connectivity index (χ0v) is 21.0. The molecule has 0 bridgehead atoms. The summed E-state index contributed by atoms with van der Waals surface area (Å²) < 4.78 is 0. The second-order valence-electron chi connectivity index (χ2n) is 10.9. The molecule has 1 atom stereocenters. The number of hydrogen-bond donors (Lipinski definition) is 2. The van der Waals surface area contributed by atoms with E-state index in [0.29, 0.717) is 18.0 Å². The van der Waals surface area contributed by atoms with E-state index < -0.39 is 0 Å². The molecule has 1 saturated carbocycles. The molecule has 5 heteroatoms. The number of anilines is 1. The van der Waals surface area contributed by atoms with Crippen LogP contribution in [0.4, 0.5) is 5.69 Å². The van der Waals surface area contributed by atoms with E-state index in [4.69, 9.17) is 0 Å². The van der Waals surface area contributed by atoms with Gasteiger partial charge in [0.15, 0.2) is 0 Å². The lowest BCUT2D eigenvalue weighted by molar-refractivity contribution is 0.0474. The maximum absolute atomic E-state index is 12.8. The minimum atomic E-state index is -0.387. The van der Waals surface area contributed by atoms with Crippen molar-refractivity contribution in [1.29, 1.82) is 0 Å². The molecule has 0 unspecified atom stereocenters. The van der Waals surface area contributed by atoms with Crippen LogP contribution in [0.5, 0.6) is 0 Å². The number of aliphatic hydroxyl groups excluding tert-OH is 1. The molecule has 5 nitrogen and oxygen atoms in total. The predicted molar refractivity (Wildman–Crippen MR) is 142 cm³/mol. The van der Waals surface area contributed by atoms with E-state index in [2.05, 4.69) is 52.7 Å². The van der Waals surface area contributed by atoms with Crippen molar-refractivity contribution in [3.05, 3.63) is 65.7 Å². The molecule has 2 aromatic rings. The van der Waals surface area contributed by atoms with Crippen molar-refractivity contribution in [2.75, 3.05) is 37.6 Å². The van der Waals surface area contributed by atoms with Gasteiger partial charge in [0.2, 0.25) is 0 Å². The van der Waals surface area contributed by atoms with Crippen molar-refractivity contribution in [2.45, 2.75) is 75.3 Å². The first-order valence-corrected chi connectivity index (χ1v) is 13.7. The van der Waals surface area contributed by atoms with Gasteiger partial charge in [-0.15, -0.1) is 0 Å². The summed E-state index contributed by atoms with van der Waals surface area (Å²) in [6.07, 6.45) is 10.2. The van der Waals surface area contributed by atoms with Gasteiger partial charge in [0.25, 0.3) is 5.91 Å². The molecule has 3 fully saturated rings. The highest BCUT2D eigenvalue weighted by molar-refractivity contribution is 5.94. The molecule has 188 valence electrons. The maximum Gasteiger partial charge on any atom is 0.253 e. The number of nitrogens with zero attached hydrogens (tertiary/aromatic N) is 2. The van der Waals surface area contributed by atoms with Crippen molar-refractivity contribution in [3.8, 4) is 0 Å². The van der Waals surface area contributed by atoms with Gasteiger partial charge in [0, 0.05) is 55.4 Å². The minimum Gasteiger partial charge on any atom is -0.391 e. The quantitative estimate of drug-likeness (QED) is 0.633. The summed E-state index contributed by atoms with van der Waals surface area (Å²) in [5.41, 5.74) is 3.73. The third kappa shape index (κ3) is 5.73. The van der Waals surface area contributed by atoms with E-state index in [-0.39, 0.29) is 12.0 Å². The summed E-state index contributed by atoms with van der Waals surface area (Å²) >= 11 is 0. The van der Waals surface area contributed by atoms with E-state index in [1.807, 2.05) is 12.1 Å². The van der Waals surface area contributed by atoms with Crippen LogP contribution in [-0.4, -0.2) is 60.8 Å². The third-order valence-electron chi connectivity index (χ3n) is 8.58. The number of hydrogen-bond acceptors (Lipinski definition) is 4. The Bertz CT molecular complexity index is 947. The Balaban J connectivity index is 1.14. The molecule has 2 heterocycles. The first kappa shape index (κ1) is 24.3. The van der Waals surface area contributed by atoms with E-state index in [9.17, 15) is 9.90 Å². The van der Waals surface area contributed by atoms with Crippen molar-refractivity contribution in [3.63, 3.8) is 0 Å². The zero-order chi connectivity index (χ0) is 24.1. The Morgan fingerprint density at radius 3 is 2.29 bits per heavy atom. The number of likely N-dealkylation sites (tertiary alicyclic amines) is 1. The van der Waals surface area contributed by atoms with Crippen molar-refractivity contribution in [1.82, 2.24) is 10.2 Å². The second kappa shape index (κ2) is 11.1. The first-order valence-electron chi connectivity index (χ1n) is 13.7. The van der Waals surface area contributed by atoms with Crippen LogP contribution in [-0.2, 0) is 5.41 Å². The van der Waals surface area contributed by atoms with Crippen LogP contribution in [0.15, 0.2) is 54.6 Å². The lowest BCUT2D eigenvalue weighted by Gasteiger charge is -2.41. The van der Waals surface area contributed by atoms with Gasteiger partial charge >= 0.3 is 0 Å². The molecule has 2 N–H and O–H groups in total. The fourth-order valence-electron chi connectivity index (χ4n) is 6.41. The number of aliphatic hydroxyl groups is 1. The van der Waals surface area contributed by atoms with Gasteiger partial charge in [-0.3, -0.25) is 4.79 Å². The molecule has 0 spiro atoms. The standard InChI is InChI=1S/C30H41N3O2/c34-28-10-7-19-33(22-28)29(35)24-11-13-27(14-12-24)32-20-15-26(16-21-32)31-23-30(17-5-2-6-18-30)25-8-3-1-4-9-25/h1,3-4,8-9,11-14,26,28,31,34H,2,5-7,10,15-23H2/t28-/m1/s1. The monoisotopic (exact) mass is 475 g/mol. The van der Waals surface area contributed by atoms with Crippen molar-refractivity contribution in [2.24, 2.45) is 0 Å². The van der Waals surface area contributed by atoms with Gasteiger partial charge < -0.3 is 20.2 Å². The lowest BCUT2D eigenvalue weighted by atomic mass is 9.69. The average molecular weight is 476 g/mol. The number of piperidine rings is 2. The Hall–Kier alpha value is -2.37. The molecule has 5 rings (SSSR count). The van der Waals surface area contributed by atoms with Crippen molar-refractivity contribution >= 4 is 11.6 Å². The molecule has 2 aliphatic heterocycles. The molecule has 0 aromatic heterocycles. The largest absolute Gasteiger partial charge is 0.391 e. The van der Waals surface area contributed by atoms with Crippen LogP contribution in [0, 0.1) is 0 Å². The minimum absolute atomic E-state index is 0.0354. The van der Waals surface area contributed by atoms with Crippen LogP contribution < -0.4 is 10.2 Å². The van der Waals surface area contributed by atoms with E-state index in [1.165, 1.54) is 43.4 Å². The van der Waals surface area contributed by atoms with Crippen LogP contribution in [0.2, 0.25) is 0 Å². The third-order valence-corrected chi connectivity index (χ3v) is 8.58. The summed E-state index contributed by atoms with van der Waals surface area (Å²) in [5, 5.41) is 13.9. The van der Waals surface area contributed by atoms with Crippen molar-refractivity contribution < 1.29 is 9.90 Å². The molecule has 1 amide bonds. The fraction of sp³-hybridized carbons (Fsp3) is 0.567. The summed E-state index contributed by atoms with van der Waals surface area (Å²) in [6.45, 7) is 4.36. The summed E-state index contributed by atoms with van der Waals surface area (Å²) in [5.74, 6) is 0.0354. The fourth-order valence-corrected chi connectivity index (χ4v) is 6.41. The lowest BCUT2D eigenvalue weighted by Crippen LogP contribution is -2.48. The van der Waals surface area contributed by atoms with Crippen LogP contribution in [0.3, 0.4) is 0 Å². The van der Waals surface area contributed by atoms with Gasteiger partial charge in [-0.1, -0.05) is 49.6 Å². The number of amides is 1. The topological polar surface area (TPSA) is 55.8 Å². The van der Waals surface area contributed by atoms with E-state index in [0.717, 1.165) is 57.4 Å². The molecule has 1 aliphatic carbocycles. The zero-order valence-electron chi connectivity index (χ0n) is 21.0. The van der Waals surface area contributed by atoms with Crippen LogP contribution in [0.1, 0.15) is 73.7 Å². The van der Waals surface area contributed by atoms with Crippen LogP contribution in [0.25, 0.3) is 0 Å². The molecular formula is C30H41N3O2. The van der Waals surface area contributed by atoms with Gasteiger partial charge in [0.1, 0.15) is 0 Å². The number of carbonyl (C=O) groups is 1. The normalized spacial score (nSPS) is 23.3. The van der Waals surface area contributed by atoms with Gasteiger partial charge in [-0.05, 0) is 68.4 Å². The van der Waals surface area contributed by atoms with Gasteiger partial charge in [0.05, 0.1) is 6.10 Å². The summed E-state index contributed by atoms with van der Waals surface area (Å²) in [6, 6.07) is 19.8. The Kier molecular flexibility index (Phi) is 7.74. The molecular weight excluding hydrogens is 434 g/mol. The number of carbonyl (C=O) groups excluding carboxylic acids is 1. The Morgan fingerprint density at radius 1 is 0.886 bits per heavy atom. The summed E-state index contributed by atoms with van der Waals surface area (Å²) in [7, 11) is 0. The molecule has 0 radical (unpaired) electrons. The SMILES string of the molecule is O=C(c1ccc(N2CCC(NCC3(c4ccccc4)CCCCC3)CC2)cc1)N1CCC[C@@H](O)C1. The number of benzene rings is 2. The van der Waals surface area contributed by atoms with Gasteiger partial charge in [-0.2, -0.15) is 0 Å². The highest BCUT2D eigenvalue weighted by Gasteiger charge is 2.34.